The Labute approximate surface area is 82.6 Å². The highest BCUT2D eigenvalue weighted by molar-refractivity contribution is 5.79. The first-order valence-electron chi connectivity index (χ1n) is 4.16. The number of hydrogen-bond acceptors (Lipinski definition) is 2. The molecule has 1 aromatic heterocycles. The summed E-state index contributed by atoms with van der Waals surface area (Å²) < 4.78 is 37.7. The number of nitrogens with one attached hydrogen (secondary N) is 1. The molecule has 0 radical (unpaired) electrons. The van der Waals surface area contributed by atoms with Crippen LogP contribution in [0.4, 0.5) is 13.2 Å². The fourth-order valence-electron chi connectivity index (χ4n) is 1.42. The van der Waals surface area contributed by atoms with Crippen molar-refractivity contribution in [1.82, 2.24) is 9.97 Å². The fraction of sp³-hybridized carbons (Fsp3) is 0.222. The first-order chi connectivity index (χ1) is 7.02. The lowest BCUT2D eigenvalue weighted by Gasteiger charge is -2.08. The lowest BCUT2D eigenvalue weighted by molar-refractivity contribution is -0.136. The number of aromatic amines is 1. The molecule has 0 atom stereocenters. The van der Waals surface area contributed by atoms with Gasteiger partial charge in [0.25, 0.3) is 0 Å². The van der Waals surface area contributed by atoms with Gasteiger partial charge in [0.2, 0.25) is 0 Å². The number of aliphatic hydroxyl groups excluding tert-OH is 1. The van der Waals surface area contributed by atoms with Crippen LogP contribution in [-0.4, -0.2) is 15.1 Å². The van der Waals surface area contributed by atoms with Crippen LogP contribution in [0.1, 0.15) is 11.1 Å². The average Bonchev–Trinajstić information content (AvgIpc) is 2.61. The van der Waals surface area contributed by atoms with Gasteiger partial charge in [-0.25, -0.2) is 4.98 Å². The smallest absolute Gasteiger partial charge is 0.392 e. The molecule has 1 aromatic carbocycles. The van der Waals surface area contributed by atoms with Crippen LogP contribution in [0.3, 0.4) is 0 Å². The average molecular weight is 216 g/mol. The van der Waals surface area contributed by atoms with Crippen molar-refractivity contribution in [1.29, 1.82) is 0 Å². The summed E-state index contributed by atoms with van der Waals surface area (Å²) in [5.74, 6) is 0. The molecule has 0 aliphatic carbocycles. The number of alkyl halides is 3. The quantitative estimate of drug-likeness (QED) is 0.766. The summed E-state index contributed by atoms with van der Waals surface area (Å²) in [4.78, 5) is 6.19. The molecule has 1 heterocycles. The summed E-state index contributed by atoms with van der Waals surface area (Å²) >= 11 is 0. The molecular formula is C9H7F3N2O. The fourth-order valence-corrected chi connectivity index (χ4v) is 1.42. The van der Waals surface area contributed by atoms with Crippen molar-refractivity contribution < 1.29 is 18.3 Å². The minimum Gasteiger partial charge on any atom is -0.392 e. The third-order valence-corrected chi connectivity index (χ3v) is 2.07. The molecule has 3 nitrogen and oxygen atoms in total. The van der Waals surface area contributed by atoms with Crippen molar-refractivity contribution in [2.24, 2.45) is 0 Å². The second-order valence-electron chi connectivity index (χ2n) is 3.10. The first-order valence-corrected chi connectivity index (χ1v) is 4.16. The van der Waals surface area contributed by atoms with Crippen LogP contribution in [-0.2, 0) is 12.8 Å². The number of hydrogen-bond donors (Lipinski definition) is 2. The van der Waals surface area contributed by atoms with Gasteiger partial charge in [0, 0.05) is 0 Å². The Balaban J connectivity index is 2.74. The second kappa shape index (κ2) is 3.23. The van der Waals surface area contributed by atoms with Crippen LogP contribution in [0.5, 0.6) is 0 Å². The highest BCUT2D eigenvalue weighted by Crippen LogP contribution is 2.34. The lowest BCUT2D eigenvalue weighted by Crippen LogP contribution is -2.06. The summed E-state index contributed by atoms with van der Waals surface area (Å²) in [5.41, 5.74) is -0.474. The Hall–Kier alpha value is -1.56. The maximum Gasteiger partial charge on any atom is 0.418 e. The van der Waals surface area contributed by atoms with E-state index in [9.17, 15) is 13.2 Å². The molecule has 0 saturated carbocycles. The van der Waals surface area contributed by atoms with Crippen LogP contribution in [0.15, 0.2) is 18.5 Å². The Morgan fingerprint density at radius 1 is 1.33 bits per heavy atom. The summed E-state index contributed by atoms with van der Waals surface area (Å²) in [7, 11) is 0. The number of fused-ring (bicyclic) bond motifs is 1. The largest absolute Gasteiger partial charge is 0.418 e. The van der Waals surface area contributed by atoms with Gasteiger partial charge in [-0.1, -0.05) is 0 Å². The van der Waals surface area contributed by atoms with E-state index in [0.717, 1.165) is 6.07 Å². The van der Waals surface area contributed by atoms with Gasteiger partial charge in [0.05, 0.1) is 24.0 Å². The minimum atomic E-state index is -4.46. The Morgan fingerprint density at radius 3 is 2.67 bits per heavy atom. The number of nitrogens with zero attached hydrogens (tertiary/aromatic N) is 1. The molecule has 80 valence electrons. The molecule has 0 aliphatic rings. The zero-order valence-electron chi connectivity index (χ0n) is 7.47. The second-order valence-corrected chi connectivity index (χ2v) is 3.10. The van der Waals surface area contributed by atoms with Gasteiger partial charge in [0.1, 0.15) is 5.52 Å². The molecular weight excluding hydrogens is 209 g/mol. The normalized spacial score (nSPS) is 12.3. The number of aromatic nitrogens is 2. The molecule has 0 fully saturated rings. The van der Waals surface area contributed by atoms with E-state index in [1.807, 2.05) is 0 Å². The molecule has 0 spiro atoms. The Kier molecular flexibility index (Phi) is 2.15. The van der Waals surface area contributed by atoms with Crippen LogP contribution >= 0.6 is 0 Å². The van der Waals surface area contributed by atoms with Crippen LogP contribution in [0.25, 0.3) is 11.0 Å². The monoisotopic (exact) mass is 216 g/mol. The van der Waals surface area contributed by atoms with Gasteiger partial charge in [-0.3, -0.25) is 0 Å². The van der Waals surface area contributed by atoms with Crippen LogP contribution < -0.4 is 0 Å². The van der Waals surface area contributed by atoms with Crippen molar-refractivity contribution in [3.63, 3.8) is 0 Å². The molecule has 0 amide bonds. The van der Waals surface area contributed by atoms with Gasteiger partial charge in [-0.2, -0.15) is 13.2 Å². The number of aliphatic hydroxyl groups is 1. The third-order valence-electron chi connectivity index (χ3n) is 2.07. The van der Waals surface area contributed by atoms with Crippen LogP contribution in [0, 0.1) is 0 Å². The van der Waals surface area contributed by atoms with Gasteiger partial charge < -0.3 is 10.1 Å². The topological polar surface area (TPSA) is 48.9 Å². The minimum absolute atomic E-state index is 0.125. The molecule has 2 aromatic rings. The van der Waals surface area contributed by atoms with Gasteiger partial charge in [-0.15, -0.1) is 0 Å². The van der Waals surface area contributed by atoms with E-state index >= 15 is 0 Å². The standard InChI is InChI=1S/C9H7F3N2O/c10-9(11,12)6-1-5(3-15)2-7-8(6)14-4-13-7/h1-2,4,15H,3H2,(H,13,14). The molecule has 0 bridgehead atoms. The van der Waals surface area contributed by atoms with Crippen molar-refractivity contribution >= 4 is 11.0 Å². The predicted octanol–water partition coefficient (Wildman–Crippen LogP) is 2.07. The molecule has 6 heteroatoms. The van der Waals surface area contributed by atoms with E-state index in [1.54, 1.807) is 0 Å². The van der Waals surface area contributed by atoms with E-state index < -0.39 is 18.3 Å². The summed E-state index contributed by atoms with van der Waals surface area (Å²) in [5, 5.41) is 8.82. The van der Waals surface area contributed by atoms with Crippen molar-refractivity contribution in [2.45, 2.75) is 12.8 Å². The predicted molar refractivity (Wildman–Crippen MR) is 47.0 cm³/mol. The van der Waals surface area contributed by atoms with Gasteiger partial charge in [0.15, 0.2) is 0 Å². The highest BCUT2D eigenvalue weighted by Gasteiger charge is 2.33. The zero-order chi connectivity index (χ0) is 11.1. The first kappa shape index (κ1) is 9.97. The number of imidazole rings is 1. The molecule has 2 rings (SSSR count). The molecule has 0 unspecified atom stereocenters. The van der Waals surface area contributed by atoms with Crippen molar-refractivity contribution in [2.75, 3.05) is 0 Å². The summed E-state index contributed by atoms with van der Waals surface area (Å²) in [6.45, 7) is -0.433. The Bertz CT molecular complexity index is 490. The van der Waals surface area contributed by atoms with E-state index in [-0.39, 0.29) is 16.6 Å². The zero-order valence-corrected chi connectivity index (χ0v) is 7.47. The Morgan fingerprint density at radius 2 is 2.07 bits per heavy atom. The number of benzene rings is 1. The van der Waals surface area contributed by atoms with Crippen LogP contribution in [0.2, 0.25) is 0 Å². The van der Waals surface area contributed by atoms with E-state index in [2.05, 4.69) is 9.97 Å². The maximum atomic E-state index is 12.6. The summed E-state index contributed by atoms with van der Waals surface area (Å²) in [6, 6.07) is 2.35. The van der Waals surface area contributed by atoms with E-state index in [1.165, 1.54) is 12.4 Å². The number of rotatable bonds is 1. The molecule has 2 N–H and O–H groups in total. The molecule has 15 heavy (non-hydrogen) atoms. The molecule has 0 saturated heterocycles. The van der Waals surface area contributed by atoms with E-state index in [4.69, 9.17) is 5.11 Å². The number of halogens is 3. The van der Waals surface area contributed by atoms with E-state index in [0.29, 0.717) is 0 Å². The summed E-state index contributed by atoms with van der Waals surface area (Å²) in [6.07, 6.45) is -3.26. The van der Waals surface area contributed by atoms with Gasteiger partial charge >= 0.3 is 6.18 Å². The molecule has 0 aliphatic heterocycles. The highest BCUT2D eigenvalue weighted by atomic mass is 19.4. The third kappa shape index (κ3) is 1.68. The van der Waals surface area contributed by atoms with Crippen molar-refractivity contribution in [3.05, 3.63) is 29.6 Å². The van der Waals surface area contributed by atoms with Crippen molar-refractivity contribution in [3.8, 4) is 0 Å². The maximum absolute atomic E-state index is 12.6. The number of H-pyrrole nitrogens is 1. The SMILES string of the molecule is OCc1cc(C(F)(F)F)c2nc[nH]c2c1. The lowest BCUT2D eigenvalue weighted by atomic mass is 10.1. The van der Waals surface area contributed by atoms with Gasteiger partial charge in [-0.05, 0) is 17.7 Å².